The van der Waals surface area contributed by atoms with Gasteiger partial charge in [-0.1, -0.05) is 6.07 Å². The van der Waals surface area contributed by atoms with Crippen LogP contribution >= 0.6 is 0 Å². The molecule has 2 aromatic rings. The van der Waals surface area contributed by atoms with Crippen LogP contribution < -0.4 is 15.1 Å². The molecule has 1 amide bonds. The molecule has 1 aromatic carbocycles. The molecule has 0 atom stereocenters. The van der Waals surface area contributed by atoms with Gasteiger partial charge in [-0.15, -0.1) is 0 Å². The quantitative estimate of drug-likeness (QED) is 0.547. The number of carbonyl (C=O) groups excluding carboxylic acids is 1. The van der Waals surface area contributed by atoms with Crippen LogP contribution in [0.3, 0.4) is 0 Å². The number of pyridine rings is 1. The summed E-state index contributed by atoms with van der Waals surface area (Å²) in [7, 11) is 0. The molecule has 0 aliphatic carbocycles. The van der Waals surface area contributed by atoms with Gasteiger partial charge in [0, 0.05) is 50.6 Å². The number of nitro benzene ring substituents is 1. The van der Waals surface area contributed by atoms with Gasteiger partial charge in [0.1, 0.15) is 11.5 Å². The second-order valence-corrected chi connectivity index (χ2v) is 7.37. The highest BCUT2D eigenvalue weighted by Gasteiger charge is 2.23. The third kappa shape index (κ3) is 5.09. The average molecular weight is 427 g/mol. The molecular formula is C21H25N5O5. The average Bonchev–Trinajstić information content (AvgIpc) is 2.83. The molecule has 2 aliphatic rings. The minimum atomic E-state index is -0.449. The number of nitrogens with one attached hydrogen (secondary N) is 1. The smallest absolute Gasteiger partial charge is 0.293 e. The number of anilines is 2. The number of carbonyl (C=O) groups is 1. The van der Waals surface area contributed by atoms with E-state index in [1.54, 1.807) is 18.3 Å². The summed E-state index contributed by atoms with van der Waals surface area (Å²) in [6.45, 7) is 5.50. The number of hydrogen-bond donors (Lipinski definition) is 1. The maximum Gasteiger partial charge on any atom is 0.293 e. The standard InChI is InChI=1S/C21H25N5O5/c27-21(23-15-16-1-4-20(22-14-16)25-7-11-31-12-8-25)17-2-3-18(19(13-17)26(28)29)24-5-9-30-10-6-24/h1-4,13-14H,5-12,15H2,(H,23,27). The number of hydrogen-bond acceptors (Lipinski definition) is 8. The lowest BCUT2D eigenvalue weighted by Gasteiger charge is -2.28. The van der Waals surface area contributed by atoms with Crippen LogP contribution in [0.2, 0.25) is 0 Å². The van der Waals surface area contributed by atoms with E-state index in [0.717, 1.165) is 24.5 Å². The Kier molecular flexibility index (Phi) is 6.58. The maximum absolute atomic E-state index is 12.6. The second-order valence-electron chi connectivity index (χ2n) is 7.37. The van der Waals surface area contributed by atoms with E-state index < -0.39 is 4.92 Å². The largest absolute Gasteiger partial charge is 0.378 e. The fourth-order valence-corrected chi connectivity index (χ4v) is 3.67. The summed E-state index contributed by atoms with van der Waals surface area (Å²) in [5.41, 5.74) is 1.53. The zero-order chi connectivity index (χ0) is 21.6. The van der Waals surface area contributed by atoms with Crippen molar-refractivity contribution in [2.75, 3.05) is 62.4 Å². The van der Waals surface area contributed by atoms with Crippen LogP contribution in [-0.4, -0.2) is 68.4 Å². The summed E-state index contributed by atoms with van der Waals surface area (Å²) >= 11 is 0. The number of rotatable bonds is 6. The Morgan fingerprint density at radius 2 is 1.71 bits per heavy atom. The summed E-state index contributed by atoms with van der Waals surface area (Å²) < 4.78 is 10.7. The van der Waals surface area contributed by atoms with Crippen molar-refractivity contribution >= 4 is 23.1 Å². The lowest BCUT2D eigenvalue weighted by molar-refractivity contribution is -0.384. The van der Waals surface area contributed by atoms with E-state index in [2.05, 4.69) is 15.2 Å². The zero-order valence-electron chi connectivity index (χ0n) is 17.2. The van der Waals surface area contributed by atoms with Crippen molar-refractivity contribution in [2.45, 2.75) is 6.54 Å². The first-order valence-corrected chi connectivity index (χ1v) is 10.3. The molecule has 2 fully saturated rings. The number of morpholine rings is 2. The van der Waals surface area contributed by atoms with Crippen molar-refractivity contribution in [2.24, 2.45) is 0 Å². The first-order chi connectivity index (χ1) is 15.1. The van der Waals surface area contributed by atoms with Crippen LogP contribution in [0, 0.1) is 10.1 Å². The highest BCUT2D eigenvalue weighted by molar-refractivity contribution is 5.95. The van der Waals surface area contributed by atoms with E-state index in [9.17, 15) is 14.9 Å². The van der Waals surface area contributed by atoms with Crippen molar-refractivity contribution < 1.29 is 19.2 Å². The molecule has 0 unspecified atom stereocenters. The van der Waals surface area contributed by atoms with Gasteiger partial charge in [-0.3, -0.25) is 14.9 Å². The molecule has 0 saturated carbocycles. The fourth-order valence-electron chi connectivity index (χ4n) is 3.67. The van der Waals surface area contributed by atoms with Crippen LogP contribution in [0.15, 0.2) is 36.5 Å². The lowest BCUT2D eigenvalue weighted by Crippen LogP contribution is -2.36. The summed E-state index contributed by atoms with van der Waals surface area (Å²) in [6, 6.07) is 8.43. The minimum absolute atomic E-state index is 0.0777. The minimum Gasteiger partial charge on any atom is -0.378 e. The van der Waals surface area contributed by atoms with Crippen molar-refractivity contribution in [3.8, 4) is 0 Å². The van der Waals surface area contributed by atoms with Gasteiger partial charge >= 0.3 is 0 Å². The highest BCUT2D eigenvalue weighted by Crippen LogP contribution is 2.30. The molecular weight excluding hydrogens is 402 g/mol. The summed E-state index contributed by atoms with van der Waals surface area (Å²) in [5, 5.41) is 14.4. The molecule has 2 aliphatic heterocycles. The van der Waals surface area contributed by atoms with Crippen molar-refractivity contribution in [3.05, 3.63) is 57.8 Å². The van der Waals surface area contributed by atoms with Crippen LogP contribution in [0.25, 0.3) is 0 Å². The predicted molar refractivity (Wildman–Crippen MR) is 115 cm³/mol. The molecule has 0 radical (unpaired) electrons. The number of nitro groups is 1. The summed E-state index contributed by atoms with van der Waals surface area (Å²) in [6.07, 6.45) is 1.73. The Morgan fingerprint density at radius 1 is 1.03 bits per heavy atom. The molecule has 0 spiro atoms. The Morgan fingerprint density at radius 3 is 2.32 bits per heavy atom. The zero-order valence-corrected chi connectivity index (χ0v) is 17.2. The molecule has 3 heterocycles. The molecule has 1 aromatic heterocycles. The Labute approximate surface area is 179 Å². The van der Waals surface area contributed by atoms with Gasteiger partial charge in [0.25, 0.3) is 11.6 Å². The van der Waals surface area contributed by atoms with E-state index >= 15 is 0 Å². The third-order valence-corrected chi connectivity index (χ3v) is 5.38. The number of aromatic nitrogens is 1. The Hall–Kier alpha value is -3.24. The third-order valence-electron chi connectivity index (χ3n) is 5.38. The van der Waals surface area contributed by atoms with E-state index in [-0.39, 0.29) is 23.7 Å². The van der Waals surface area contributed by atoms with Crippen molar-refractivity contribution in [1.29, 1.82) is 0 Å². The van der Waals surface area contributed by atoms with Gasteiger partial charge in [0.05, 0.1) is 31.4 Å². The van der Waals surface area contributed by atoms with Gasteiger partial charge in [-0.2, -0.15) is 0 Å². The van der Waals surface area contributed by atoms with Gasteiger partial charge in [-0.05, 0) is 23.8 Å². The number of benzene rings is 1. The van der Waals surface area contributed by atoms with Crippen LogP contribution in [0.4, 0.5) is 17.2 Å². The Bertz CT molecular complexity index is 924. The summed E-state index contributed by atoms with van der Waals surface area (Å²) in [4.78, 5) is 32.2. The van der Waals surface area contributed by atoms with E-state index in [0.29, 0.717) is 45.2 Å². The van der Waals surface area contributed by atoms with Crippen LogP contribution in [0.5, 0.6) is 0 Å². The SMILES string of the molecule is O=C(NCc1ccc(N2CCOCC2)nc1)c1ccc(N2CCOCC2)c([N+](=O)[O-])c1. The first-order valence-electron chi connectivity index (χ1n) is 10.3. The van der Waals surface area contributed by atoms with Crippen LogP contribution in [-0.2, 0) is 16.0 Å². The maximum atomic E-state index is 12.6. The molecule has 164 valence electrons. The van der Waals surface area contributed by atoms with E-state index in [1.165, 1.54) is 6.07 Å². The number of amides is 1. The van der Waals surface area contributed by atoms with E-state index in [1.807, 2.05) is 17.0 Å². The predicted octanol–water partition coefficient (Wildman–Crippen LogP) is 1.59. The normalized spacial score (nSPS) is 16.8. The van der Waals surface area contributed by atoms with Gasteiger partial charge in [0.2, 0.25) is 0 Å². The molecule has 2 saturated heterocycles. The molecule has 10 nitrogen and oxygen atoms in total. The molecule has 31 heavy (non-hydrogen) atoms. The number of ether oxygens (including phenoxy) is 2. The first kappa shape index (κ1) is 21.0. The van der Waals surface area contributed by atoms with E-state index in [4.69, 9.17) is 9.47 Å². The second kappa shape index (κ2) is 9.71. The van der Waals surface area contributed by atoms with Crippen molar-refractivity contribution in [3.63, 3.8) is 0 Å². The molecule has 10 heteroatoms. The highest BCUT2D eigenvalue weighted by atomic mass is 16.6. The summed E-state index contributed by atoms with van der Waals surface area (Å²) in [5.74, 6) is 0.515. The van der Waals surface area contributed by atoms with Gasteiger partial charge in [-0.25, -0.2) is 4.98 Å². The lowest BCUT2D eigenvalue weighted by atomic mass is 10.1. The van der Waals surface area contributed by atoms with Crippen LogP contribution in [0.1, 0.15) is 15.9 Å². The van der Waals surface area contributed by atoms with Gasteiger partial charge in [0.15, 0.2) is 0 Å². The monoisotopic (exact) mass is 427 g/mol. The molecule has 0 bridgehead atoms. The van der Waals surface area contributed by atoms with Gasteiger partial charge < -0.3 is 24.6 Å². The fraction of sp³-hybridized carbons (Fsp3) is 0.429. The van der Waals surface area contributed by atoms with Crippen molar-refractivity contribution in [1.82, 2.24) is 10.3 Å². The molecule has 1 N–H and O–H groups in total. The topological polar surface area (TPSA) is 110 Å². The molecule has 4 rings (SSSR count). The Balaban J connectivity index is 1.40. The number of nitrogens with zero attached hydrogens (tertiary/aromatic N) is 4.